The second kappa shape index (κ2) is 7.27. The number of carboxylic acid groups (broad SMARTS) is 1. The fourth-order valence-corrected chi connectivity index (χ4v) is 1.94. The average molecular weight is 279 g/mol. The first-order chi connectivity index (χ1) is 9.36. The zero-order valence-corrected chi connectivity index (χ0v) is 12.9. The molecular weight excluding hydrogens is 254 g/mol. The van der Waals surface area contributed by atoms with Crippen LogP contribution in [0.1, 0.15) is 51.4 Å². The van der Waals surface area contributed by atoms with E-state index in [1.54, 1.807) is 13.8 Å². The van der Waals surface area contributed by atoms with Crippen molar-refractivity contribution in [3.63, 3.8) is 0 Å². The summed E-state index contributed by atoms with van der Waals surface area (Å²) in [5.41, 5.74) is 1.33. The maximum Gasteiger partial charge on any atom is 0.309 e. The van der Waals surface area contributed by atoms with Gasteiger partial charge in [-0.2, -0.15) is 0 Å². The molecule has 0 fully saturated rings. The van der Waals surface area contributed by atoms with Gasteiger partial charge in [0.1, 0.15) is 5.75 Å². The molecule has 20 heavy (non-hydrogen) atoms. The summed E-state index contributed by atoms with van der Waals surface area (Å²) in [6.07, 6.45) is 3.22. The van der Waals surface area contributed by atoms with Gasteiger partial charge in [-0.1, -0.05) is 6.92 Å². The van der Waals surface area contributed by atoms with E-state index in [9.17, 15) is 4.79 Å². The minimum Gasteiger partial charge on any atom is -0.492 e. The SMILES string of the molecule is CCc1nc(C)ccc1OCCCCC(C)(C)C(=O)O. The Morgan fingerprint density at radius 2 is 2.05 bits per heavy atom. The number of pyridine rings is 1. The molecule has 0 atom stereocenters. The van der Waals surface area contributed by atoms with E-state index in [-0.39, 0.29) is 0 Å². The van der Waals surface area contributed by atoms with E-state index < -0.39 is 11.4 Å². The largest absolute Gasteiger partial charge is 0.492 e. The highest BCUT2D eigenvalue weighted by molar-refractivity contribution is 5.73. The summed E-state index contributed by atoms with van der Waals surface area (Å²) in [5, 5.41) is 9.03. The number of nitrogens with zero attached hydrogens (tertiary/aromatic N) is 1. The van der Waals surface area contributed by atoms with Gasteiger partial charge < -0.3 is 9.84 Å². The summed E-state index contributed by atoms with van der Waals surface area (Å²) in [4.78, 5) is 15.4. The van der Waals surface area contributed by atoms with Gasteiger partial charge in [0, 0.05) is 5.69 Å². The first-order valence-electron chi connectivity index (χ1n) is 7.19. The van der Waals surface area contributed by atoms with Crippen LogP contribution < -0.4 is 4.74 Å². The Morgan fingerprint density at radius 1 is 1.35 bits per heavy atom. The van der Waals surface area contributed by atoms with Crippen LogP contribution in [0.5, 0.6) is 5.75 Å². The minimum absolute atomic E-state index is 0.605. The number of unbranched alkanes of at least 4 members (excludes halogenated alkanes) is 1. The number of carbonyl (C=O) groups is 1. The quantitative estimate of drug-likeness (QED) is 0.738. The van der Waals surface area contributed by atoms with Crippen molar-refractivity contribution in [3.05, 3.63) is 23.5 Å². The van der Waals surface area contributed by atoms with Crippen LogP contribution in [0.15, 0.2) is 12.1 Å². The third kappa shape index (κ3) is 4.83. The molecule has 1 heterocycles. The van der Waals surface area contributed by atoms with E-state index in [2.05, 4.69) is 11.9 Å². The highest BCUT2D eigenvalue weighted by atomic mass is 16.5. The maximum atomic E-state index is 11.0. The number of hydrogen-bond donors (Lipinski definition) is 1. The Bertz CT molecular complexity index is 455. The van der Waals surface area contributed by atoms with Gasteiger partial charge >= 0.3 is 5.97 Å². The Hall–Kier alpha value is -1.58. The Kier molecular flexibility index (Phi) is 5.99. The molecule has 1 N–H and O–H groups in total. The number of rotatable bonds is 8. The van der Waals surface area contributed by atoms with Crippen LogP contribution in [0.4, 0.5) is 0 Å². The molecule has 0 saturated heterocycles. The number of aromatic nitrogens is 1. The fourth-order valence-electron chi connectivity index (χ4n) is 1.94. The topological polar surface area (TPSA) is 59.4 Å². The van der Waals surface area contributed by atoms with Gasteiger partial charge in [-0.15, -0.1) is 0 Å². The van der Waals surface area contributed by atoms with Crippen molar-refractivity contribution in [2.24, 2.45) is 5.41 Å². The van der Waals surface area contributed by atoms with Crippen LogP contribution in [0.3, 0.4) is 0 Å². The molecule has 4 nitrogen and oxygen atoms in total. The molecule has 1 aromatic heterocycles. The molecule has 0 aliphatic rings. The third-order valence-corrected chi connectivity index (χ3v) is 3.44. The zero-order chi connectivity index (χ0) is 15.2. The highest BCUT2D eigenvalue weighted by Gasteiger charge is 2.25. The Morgan fingerprint density at radius 3 is 2.65 bits per heavy atom. The summed E-state index contributed by atoms with van der Waals surface area (Å²) in [7, 11) is 0. The van der Waals surface area contributed by atoms with E-state index in [1.807, 2.05) is 19.1 Å². The molecule has 0 saturated carbocycles. The van der Waals surface area contributed by atoms with Crippen LogP contribution in [-0.4, -0.2) is 22.7 Å². The Balaban J connectivity index is 2.37. The highest BCUT2D eigenvalue weighted by Crippen LogP contribution is 2.23. The van der Waals surface area contributed by atoms with Gasteiger partial charge in [0.05, 0.1) is 17.7 Å². The standard InChI is InChI=1S/C16H25NO3/c1-5-13-14(9-8-12(2)17-13)20-11-7-6-10-16(3,4)15(18)19/h8-9H,5-7,10-11H2,1-4H3,(H,18,19). The number of ether oxygens (including phenoxy) is 1. The van der Waals surface area contributed by atoms with Gasteiger partial charge in [-0.25, -0.2) is 0 Å². The molecule has 1 rings (SSSR count). The molecule has 0 unspecified atom stereocenters. The smallest absolute Gasteiger partial charge is 0.309 e. The number of aliphatic carboxylic acids is 1. The van der Waals surface area contributed by atoms with Crippen LogP contribution >= 0.6 is 0 Å². The predicted molar refractivity (Wildman–Crippen MR) is 79.1 cm³/mol. The van der Waals surface area contributed by atoms with Crippen LogP contribution in [0.2, 0.25) is 0 Å². The van der Waals surface area contributed by atoms with E-state index in [4.69, 9.17) is 9.84 Å². The Labute approximate surface area is 121 Å². The summed E-state index contributed by atoms with van der Waals surface area (Å²) >= 11 is 0. The molecular formula is C16H25NO3. The summed E-state index contributed by atoms with van der Waals surface area (Å²) < 4.78 is 5.75. The molecule has 4 heteroatoms. The minimum atomic E-state index is -0.741. The van der Waals surface area contributed by atoms with Crippen molar-refractivity contribution < 1.29 is 14.6 Å². The predicted octanol–water partition coefficient (Wildman–Crippen LogP) is 3.61. The second-order valence-corrected chi connectivity index (χ2v) is 5.75. The molecule has 0 bridgehead atoms. The molecule has 112 valence electrons. The molecule has 0 amide bonds. The zero-order valence-electron chi connectivity index (χ0n) is 12.9. The molecule has 0 aliphatic carbocycles. The summed E-state index contributed by atoms with van der Waals surface area (Å²) in [5.74, 6) is 0.102. The third-order valence-electron chi connectivity index (χ3n) is 3.44. The normalized spacial score (nSPS) is 11.4. The van der Waals surface area contributed by atoms with Crippen LogP contribution in [0, 0.1) is 12.3 Å². The van der Waals surface area contributed by atoms with Gasteiger partial charge in [0.25, 0.3) is 0 Å². The molecule has 0 aliphatic heterocycles. The van der Waals surface area contributed by atoms with Crippen molar-refractivity contribution in [1.82, 2.24) is 4.98 Å². The molecule has 0 radical (unpaired) electrons. The lowest BCUT2D eigenvalue weighted by atomic mass is 9.87. The monoisotopic (exact) mass is 279 g/mol. The lowest BCUT2D eigenvalue weighted by Crippen LogP contribution is -2.23. The van der Waals surface area contributed by atoms with Crippen molar-refractivity contribution in [3.8, 4) is 5.75 Å². The second-order valence-electron chi connectivity index (χ2n) is 5.75. The number of hydrogen-bond acceptors (Lipinski definition) is 3. The van der Waals surface area contributed by atoms with Gasteiger partial charge in [0.2, 0.25) is 0 Å². The number of carboxylic acids is 1. The fraction of sp³-hybridized carbons (Fsp3) is 0.625. The van der Waals surface area contributed by atoms with E-state index in [0.29, 0.717) is 13.0 Å². The van der Waals surface area contributed by atoms with Crippen molar-refractivity contribution >= 4 is 5.97 Å². The molecule has 0 aromatic carbocycles. The lowest BCUT2D eigenvalue weighted by molar-refractivity contribution is -0.147. The molecule has 1 aromatic rings. The van der Waals surface area contributed by atoms with Crippen LogP contribution in [0.25, 0.3) is 0 Å². The van der Waals surface area contributed by atoms with Gasteiger partial charge in [-0.05, 0) is 58.6 Å². The summed E-state index contributed by atoms with van der Waals surface area (Å²) in [6, 6.07) is 3.91. The van der Waals surface area contributed by atoms with Crippen LogP contribution in [-0.2, 0) is 11.2 Å². The first kappa shape index (κ1) is 16.5. The van der Waals surface area contributed by atoms with E-state index in [1.165, 1.54) is 0 Å². The maximum absolute atomic E-state index is 11.0. The average Bonchev–Trinajstić information content (AvgIpc) is 2.39. The van der Waals surface area contributed by atoms with Gasteiger partial charge in [-0.3, -0.25) is 9.78 Å². The van der Waals surface area contributed by atoms with E-state index in [0.717, 1.165) is 36.4 Å². The first-order valence-corrected chi connectivity index (χ1v) is 7.19. The van der Waals surface area contributed by atoms with Gasteiger partial charge in [0.15, 0.2) is 0 Å². The number of aryl methyl sites for hydroxylation is 2. The lowest BCUT2D eigenvalue weighted by Gasteiger charge is -2.18. The molecule has 0 spiro atoms. The van der Waals surface area contributed by atoms with Crippen molar-refractivity contribution in [1.29, 1.82) is 0 Å². The van der Waals surface area contributed by atoms with E-state index >= 15 is 0 Å². The van der Waals surface area contributed by atoms with Crippen molar-refractivity contribution in [2.45, 2.75) is 53.4 Å². The summed E-state index contributed by atoms with van der Waals surface area (Å²) in [6.45, 7) is 8.15. The van der Waals surface area contributed by atoms with Crippen molar-refractivity contribution in [2.75, 3.05) is 6.61 Å².